The van der Waals surface area contributed by atoms with E-state index in [1.165, 1.54) is 0 Å². The monoisotopic (exact) mass is 360 g/mol. The van der Waals surface area contributed by atoms with Crippen molar-refractivity contribution in [3.63, 3.8) is 0 Å². The third-order valence-corrected chi connectivity index (χ3v) is 4.58. The van der Waals surface area contributed by atoms with E-state index < -0.39 is 0 Å². The van der Waals surface area contributed by atoms with Gasteiger partial charge in [0.25, 0.3) is 5.89 Å². The fourth-order valence-electron chi connectivity index (χ4n) is 3.10. The molecule has 0 radical (unpaired) electrons. The first-order valence-electron chi connectivity index (χ1n) is 8.46. The minimum absolute atomic E-state index is 0.0230. The van der Waals surface area contributed by atoms with Gasteiger partial charge >= 0.3 is 0 Å². The standard InChI is InChI=1S/C20H16N4O3/c1-26-17-8-6-16(7-9-17)24-12-15(10-18(24)25)19-22-20(27-23-19)14-4-2-13(11-21)3-5-14/h2-9,15H,10,12H2,1H3. The Hall–Kier alpha value is -3.66. The molecule has 1 atom stereocenters. The van der Waals surface area contributed by atoms with Crippen LogP contribution in [0.3, 0.4) is 0 Å². The second kappa shape index (κ2) is 6.92. The summed E-state index contributed by atoms with van der Waals surface area (Å²) in [6, 6.07) is 16.4. The van der Waals surface area contributed by atoms with Crippen molar-refractivity contribution >= 4 is 11.6 Å². The third-order valence-electron chi connectivity index (χ3n) is 4.58. The largest absolute Gasteiger partial charge is 0.497 e. The topological polar surface area (TPSA) is 92.2 Å². The zero-order valence-electron chi connectivity index (χ0n) is 14.6. The van der Waals surface area contributed by atoms with Crippen LogP contribution in [0.15, 0.2) is 53.1 Å². The molecule has 7 heteroatoms. The number of amides is 1. The van der Waals surface area contributed by atoms with Crippen molar-refractivity contribution in [1.82, 2.24) is 10.1 Å². The Bertz CT molecular complexity index is 1000. The Morgan fingerprint density at radius 3 is 2.59 bits per heavy atom. The minimum atomic E-state index is -0.129. The van der Waals surface area contributed by atoms with Crippen LogP contribution in [0.4, 0.5) is 5.69 Å². The van der Waals surface area contributed by atoms with Gasteiger partial charge < -0.3 is 14.2 Å². The van der Waals surface area contributed by atoms with Crippen LogP contribution in [0.25, 0.3) is 11.5 Å². The van der Waals surface area contributed by atoms with E-state index >= 15 is 0 Å². The lowest BCUT2D eigenvalue weighted by Gasteiger charge is -2.16. The lowest BCUT2D eigenvalue weighted by Crippen LogP contribution is -2.24. The van der Waals surface area contributed by atoms with Gasteiger partial charge in [-0.1, -0.05) is 5.16 Å². The number of hydrogen-bond donors (Lipinski definition) is 0. The molecule has 1 aliphatic heterocycles. The molecule has 1 saturated heterocycles. The molecule has 1 unspecified atom stereocenters. The van der Waals surface area contributed by atoms with E-state index in [-0.39, 0.29) is 11.8 Å². The summed E-state index contributed by atoms with van der Waals surface area (Å²) in [5, 5.41) is 12.9. The van der Waals surface area contributed by atoms with E-state index in [0.717, 1.165) is 17.0 Å². The summed E-state index contributed by atoms with van der Waals surface area (Å²) >= 11 is 0. The van der Waals surface area contributed by atoms with Crippen LogP contribution in [0.5, 0.6) is 5.75 Å². The molecule has 0 spiro atoms. The van der Waals surface area contributed by atoms with Crippen molar-refractivity contribution in [2.75, 3.05) is 18.6 Å². The lowest BCUT2D eigenvalue weighted by molar-refractivity contribution is -0.117. The summed E-state index contributed by atoms with van der Waals surface area (Å²) in [4.78, 5) is 18.6. The highest BCUT2D eigenvalue weighted by atomic mass is 16.5. The molecule has 7 nitrogen and oxygen atoms in total. The molecule has 0 aliphatic carbocycles. The number of carbonyl (C=O) groups is 1. The molecular weight excluding hydrogens is 344 g/mol. The van der Waals surface area contributed by atoms with Crippen molar-refractivity contribution < 1.29 is 14.1 Å². The number of carbonyl (C=O) groups excluding carboxylic acids is 1. The predicted octanol–water partition coefficient (Wildman–Crippen LogP) is 3.14. The highest BCUT2D eigenvalue weighted by Gasteiger charge is 2.34. The summed E-state index contributed by atoms with van der Waals surface area (Å²) in [5.41, 5.74) is 2.12. The average molecular weight is 360 g/mol. The number of rotatable bonds is 4. The number of nitrogens with zero attached hydrogens (tertiary/aromatic N) is 4. The van der Waals surface area contributed by atoms with Crippen LogP contribution in [0.1, 0.15) is 23.7 Å². The van der Waals surface area contributed by atoms with Crippen molar-refractivity contribution in [2.24, 2.45) is 0 Å². The van der Waals surface area contributed by atoms with Crippen molar-refractivity contribution in [3.05, 3.63) is 59.9 Å². The van der Waals surface area contributed by atoms with Crippen LogP contribution in [0, 0.1) is 11.3 Å². The molecule has 1 amide bonds. The van der Waals surface area contributed by atoms with Gasteiger partial charge in [0, 0.05) is 30.1 Å². The van der Waals surface area contributed by atoms with E-state index in [1.54, 1.807) is 36.3 Å². The molecule has 134 valence electrons. The van der Waals surface area contributed by atoms with Gasteiger partial charge in [-0.25, -0.2) is 0 Å². The normalized spacial score (nSPS) is 16.4. The molecule has 0 bridgehead atoms. The number of benzene rings is 2. The number of aromatic nitrogens is 2. The maximum Gasteiger partial charge on any atom is 0.257 e. The molecule has 2 heterocycles. The van der Waals surface area contributed by atoms with Crippen LogP contribution < -0.4 is 9.64 Å². The summed E-state index contributed by atoms with van der Waals surface area (Å²) < 4.78 is 10.5. The molecule has 4 rings (SSSR count). The van der Waals surface area contributed by atoms with Crippen molar-refractivity contribution in [2.45, 2.75) is 12.3 Å². The minimum Gasteiger partial charge on any atom is -0.497 e. The fourth-order valence-corrected chi connectivity index (χ4v) is 3.10. The molecule has 0 saturated carbocycles. The van der Waals surface area contributed by atoms with Crippen molar-refractivity contribution in [3.8, 4) is 23.3 Å². The number of methoxy groups -OCH3 is 1. The number of hydrogen-bond acceptors (Lipinski definition) is 6. The third kappa shape index (κ3) is 3.25. The van der Waals surface area contributed by atoms with Gasteiger partial charge in [0.05, 0.1) is 18.7 Å². The quantitative estimate of drug-likeness (QED) is 0.710. The van der Waals surface area contributed by atoms with Gasteiger partial charge in [-0.15, -0.1) is 0 Å². The molecule has 2 aromatic carbocycles. The van der Waals surface area contributed by atoms with E-state index in [0.29, 0.717) is 30.2 Å². The van der Waals surface area contributed by atoms with E-state index in [1.807, 2.05) is 24.3 Å². The van der Waals surface area contributed by atoms with Gasteiger partial charge in [-0.3, -0.25) is 4.79 Å². The zero-order valence-corrected chi connectivity index (χ0v) is 14.6. The highest BCUT2D eigenvalue weighted by Crippen LogP contribution is 2.32. The fraction of sp³-hybridized carbons (Fsp3) is 0.200. The molecule has 0 N–H and O–H groups in total. The van der Waals surface area contributed by atoms with E-state index in [9.17, 15) is 4.79 Å². The Labute approximate surface area is 155 Å². The van der Waals surface area contributed by atoms with Crippen molar-refractivity contribution in [1.29, 1.82) is 5.26 Å². The first kappa shape index (κ1) is 16.8. The second-order valence-electron chi connectivity index (χ2n) is 6.25. The van der Waals surface area contributed by atoms with Gasteiger partial charge in [-0.2, -0.15) is 10.2 Å². The van der Waals surface area contributed by atoms with E-state index in [2.05, 4.69) is 16.2 Å². The van der Waals surface area contributed by atoms with Crippen LogP contribution >= 0.6 is 0 Å². The number of anilines is 1. The zero-order chi connectivity index (χ0) is 18.8. The molecule has 1 aliphatic rings. The summed E-state index contributed by atoms with van der Waals surface area (Å²) in [6.45, 7) is 0.498. The first-order valence-corrected chi connectivity index (χ1v) is 8.46. The Morgan fingerprint density at radius 2 is 1.93 bits per heavy atom. The van der Waals surface area contributed by atoms with Crippen LogP contribution in [-0.2, 0) is 4.79 Å². The Morgan fingerprint density at radius 1 is 1.19 bits per heavy atom. The molecule has 3 aromatic rings. The second-order valence-corrected chi connectivity index (χ2v) is 6.25. The summed E-state index contributed by atoms with van der Waals surface area (Å²) in [6.07, 6.45) is 0.332. The average Bonchev–Trinajstić information content (AvgIpc) is 3.35. The smallest absolute Gasteiger partial charge is 0.257 e. The Kier molecular flexibility index (Phi) is 4.30. The van der Waals surface area contributed by atoms with Gasteiger partial charge in [0.2, 0.25) is 5.91 Å². The number of ether oxygens (including phenoxy) is 1. The first-order chi connectivity index (χ1) is 13.2. The van der Waals surface area contributed by atoms with Gasteiger partial charge in [0.15, 0.2) is 5.82 Å². The highest BCUT2D eigenvalue weighted by molar-refractivity contribution is 5.96. The maximum absolute atomic E-state index is 12.4. The van der Waals surface area contributed by atoms with Crippen LogP contribution in [0.2, 0.25) is 0 Å². The predicted molar refractivity (Wildman–Crippen MR) is 97.2 cm³/mol. The number of nitriles is 1. The van der Waals surface area contributed by atoms with Crippen LogP contribution in [-0.4, -0.2) is 29.7 Å². The van der Waals surface area contributed by atoms with Gasteiger partial charge in [-0.05, 0) is 48.5 Å². The molecular formula is C20H16N4O3. The molecule has 1 fully saturated rings. The van der Waals surface area contributed by atoms with Gasteiger partial charge in [0.1, 0.15) is 5.75 Å². The van der Waals surface area contributed by atoms with E-state index in [4.69, 9.17) is 14.5 Å². The summed E-state index contributed by atoms with van der Waals surface area (Å²) in [5.74, 6) is 1.53. The molecule has 1 aromatic heterocycles. The Balaban J connectivity index is 1.52. The lowest BCUT2D eigenvalue weighted by atomic mass is 10.1. The summed E-state index contributed by atoms with van der Waals surface area (Å²) in [7, 11) is 1.60. The molecule has 27 heavy (non-hydrogen) atoms. The SMILES string of the molecule is COc1ccc(N2CC(c3noc(-c4ccc(C#N)cc4)n3)CC2=O)cc1. The maximum atomic E-state index is 12.4.